The van der Waals surface area contributed by atoms with Crippen molar-refractivity contribution < 1.29 is 14.7 Å². The maximum absolute atomic E-state index is 11.2. The molecule has 5 nitrogen and oxygen atoms in total. The summed E-state index contributed by atoms with van der Waals surface area (Å²) in [6.07, 6.45) is 1.65. The third-order valence-electron chi connectivity index (χ3n) is 1.65. The Bertz CT molecular complexity index is 356. The number of aromatic nitrogens is 1. The number of aliphatic carboxylic acids is 1. The molecule has 1 aromatic rings. The van der Waals surface area contributed by atoms with E-state index in [0.29, 0.717) is 6.54 Å². The van der Waals surface area contributed by atoms with Gasteiger partial charge in [0.05, 0.1) is 23.7 Å². The standard InChI is InChI=1S/C10H12N2O3S/c13-9(6-16-7-10(14)15)12-5-8-3-1-2-4-11-8/h1-4H,5-7H2,(H,12,13)(H,14,15). The van der Waals surface area contributed by atoms with Crippen molar-refractivity contribution in [2.75, 3.05) is 11.5 Å². The number of carboxylic acid groups (broad SMARTS) is 1. The zero-order chi connectivity index (χ0) is 11.8. The number of nitrogens with one attached hydrogen (secondary N) is 1. The molecular formula is C10H12N2O3S. The number of carbonyl (C=O) groups excluding carboxylic acids is 1. The number of thioether (sulfide) groups is 1. The van der Waals surface area contributed by atoms with E-state index in [9.17, 15) is 9.59 Å². The summed E-state index contributed by atoms with van der Waals surface area (Å²) in [4.78, 5) is 25.5. The molecule has 16 heavy (non-hydrogen) atoms. The molecule has 0 unspecified atom stereocenters. The van der Waals surface area contributed by atoms with Gasteiger partial charge < -0.3 is 10.4 Å². The third kappa shape index (κ3) is 5.35. The molecule has 1 rings (SSSR count). The number of carboxylic acids is 1. The van der Waals surface area contributed by atoms with Crippen molar-refractivity contribution in [3.63, 3.8) is 0 Å². The molecule has 0 aromatic carbocycles. The van der Waals surface area contributed by atoms with Crippen molar-refractivity contribution in [1.82, 2.24) is 10.3 Å². The van der Waals surface area contributed by atoms with Gasteiger partial charge in [-0.05, 0) is 12.1 Å². The summed E-state index contributed by atoms with van der Waals surface area (Å²) in [5, 5.41) is 11.0. The first-order valence-electron chi connectivity index (χ1n) is 4.64. The molecule has 0 aliphatic rings. The van der Waals surface area contributed by atoms with Gasteiger partial charge in [-0.3, -0.25) is 14.6 Å². The fraction of sp³-hybridized carbons (Fsp3) is 0.300. The first-order valence-corrected chi connectivity index (χ1v) is 5.80. The average Bonchev–Trinajstić information content (AvgIpc) is 2.27. The van der Waals surface area contributed by atoms with Gasteiger partial charge in [0.2, 0.25) is 5.91 Å². The van der Waals surface area contributed by atoms with E-state index in [1.807, 2.05) is 12.1 Å². The second-order valence-electron chi connectivity index (χ2n) is 2.98. The Morgan fingerprint density at radius 1 is 1.38 bits per heavy atom. The first kappa shape index (κ1) is 12.5. The van der Waals surface area contributed by atoms with Gasteiger partial charge in [0.1, 0.15) is 0 Å². The van der Waals surface area contributed by atoms with E-state index in [0.717, 1.165) is 17.5 Å². The zero-order valence-electron chi connectivity index (χ0n) is 8.55. The van der Waals surface area contributed by atoms with Gasteiger partial charge in [-0.25, -0.2) is 0 Å². The van der Waals surface area contributed by atoms with Crippen molar-refractivity contribution in [1.29, 1.82) is 0 Å². The van der Waals surface area contributed by atoms with E-state index in [1.54, 1.807) is 12.3 Å². The highest BCUT2D eigenvalue weighted by atomic mass is 32.2. The summed E-state index contributed by atoms with van der Waals surface area (Å²) in [6, 6.07) is 5.45. The normalized spacial score (nSPS) is 9.75. The van der Waals surface area contributed by atoms with Crippen LogP contribution in [0.15, 0.2) is 24.4 Å². The second-order valence-corrected chi connectivity index (χ2v) is 3.97. The summed E-state index contributed by atoms with van der Waals surface area (Å²) in [5.74, 6) is -1.00. The van der Waals surface area contributed by atoms with Crippen LogP contribution in [0.5, 0.6) is 0 Å². The van der Waals surface area contributed by atoms with Crippen LogP contribution in [0.2, 0.25) is 0 Å². The molecule has 0 bridgehead atoms. The van der Waals surface area contributed by atoms with Crippen molar-refractivity contribution in [3.8, 4) is 0 Å². The predicted molar refractivity (Wildman–Crippen MR) is 61.0 cm³/mol. The molecule has 0 fully saturated rings. The van der Waals surface area contributed by atoms with E-state index < -0.39 is 5.97 Å². The number of rotatable bonds is 6. The van der Waals surface area contributed by atoms with Crippen LogP contribution < -0.4 is 5.32 Å². The molecule has 1 heterocycles. The van der Waals surface area contributed by atoms with E-state index >= 15 is 0 Å². The minimum Gasteiger partial charge on any atom is -0.481 e. The Kier molecular flexibility index (Phi) is 5.35. The van der Waals surface area contributed by atoms with Crippen LogP contribution in [0, 0.1) is 0 Å². The number of carbonyl (C=O) groups is 2. The molecule has 6 heteroatoms. The summed E-state index contributed by atoms with van der Waals surface area (Å²) < 4.78 is 0. The number of hydrogen-bond donors (Lipinski definition) is 2. The van der Waals surface area contributed by atoms with Gasteiger partial charge in [-0.15, -0.1) is 11.8 Å². The largest absolute Gasteiger partial charge is 0.481 e. The fourth-order valence-electron chi connectivity index (χ4n) is 0.974. The molecule has 2 N–H and O–H groups in total. The molecule has 0 radical (unpaired) electrons. The Hall–Kier alpha value is -1.56. The van der Waals surface area contributed by atoms with Gasteiger partial charge in [-0.1, -0.05) is 6.07 Å². The molecule has 0 aliphatic carbocycles. The highest BCUT2D eigenvalue weighted by Crippen LogP contribution is 1.99. The maximum atomic E-state index is 11.2. The monoisotopic (exact) mass is 240 g/mol. The lowest BCUT2D eigenvalue weighted by Crippen LogP contribution is -2.25. The molecular weight excluding hydrogens is 228 g/mol. The summed E-state index contributed by atoms with van der Waals surface area (Å²) in [7, 11) is 0. The Morgan fingerprint density at radius 3 is 2.81 bits per heavy atom. The topological polar surface area (TPSA) is 79.3 Å². The number of hydrogen-bond acceptors (Lipinski definition) is 4. The smallest absolute Gasteiger partial charge is 0.313 e. The Balaban J connectivity index is 2.18. The summed E-state index contributed by atoms with van der Waals surface area (Å²) in [6.45, 7) is 0.368. The SMILES string of the molecule is O=C(O)CSCC(=O)NCc1ccccn1. The van der Waals surface area contributed by atoms with E-state index in [1.165, 1.54) is 0 Å². The molecule has 0 atom stereocenters. The van der Waals surface area contributed by atoms with Crippen LogP contribution in [0.3, 0.4) is 0 Å². The molecule has 1 amide bonds. The highest BCUT2D eigenvalue weighted by molar-refractivity contribution is 8.00. The molecule has 0 saturated heterocycles. The molecule has 0 aliphatic heterocycles. The zero-order valence-corrected chi connectivity index (χ0v) is 9.37. The van der Waals surface area contributed by atoms with E-state index in [-0.39, 0.29) is 17.4 Å². The van der Waals surface area contributed by atoms with Crippen LogP contribution >= 0.6 is 11.8 Å². The van der Waals surface area contributed by atoms with Crippen LogP contribution in [0.1, 0.15) is 5.69 Å². The van der Waals surface area contributed by atoms with Gasteiger partial charge in [0.15, 0.2) is 0 Å². The van der Waals surface area contributed by atoms with Crippen LogP contribution in [-0.2, 0) is 16.1 Å². The van der Waals surface area contributed by atoms with Crippen molar-refractivity contribution in [2.24, 2.45) is 0 Å². The summed E-state index contributed by atoms with van der Waals surface area (Å²) in [5.41, 5.74) is 0.777. The predicted octanol–water partition coefficient (Wildman–Crippen LogP) is 0.516. The summed E-state index contributed by atoms with van der Waals surface area (Å²) >= 11 is 1.07. The molecule has 0 spiro atoms. The lowest BCUT2D eigenvalue weighted by molar-refractivity contribution is -0.133. The molecule has 86 valence electrons. The van der Waals surface area contributed by atoms with E-state index in [4.69, 9.17) is 5.11 Å². The number of pyridine rings is 1. The third-order valence-corrected chi connectivity index (χ3v) is 2.57. The number of nitrogens with zero attached hydrogens (tertiary/aromatic N) is 1. The van der Waals surface area contributed by atoms with Gasteiger partial charge >= 0.3 is 5.97 Å². The molecule has 1 aromatic heterocycles. The lowest BCUT2D eigenvalue weighted by atomic mass is 10.3. The van der Waals surface area contributed by atoms with Gasteiger partial charge in [0.25, 0.3) is 0 Å². The quantitative estimate of drug-likeness (QED) is 0.757. The van der Waals surface area contributed by atoms with Crippen LogP contribution in [0.25, 0.3) is 0 Å². The minimum atomic E-state index is -0.914. The fourth-order valence-corrected chi connectivity index (χ4v) is 1.54. The maximum Gasteiger partial charge on any atom is 0.313 e. The second kappa shape index (κ2) is 6.84. The Labute approximate surface area is 97.3 Å². The first-order chi connectivity index (χ1) is 7.68. The van der Waals surface area contributed by atoms with Crippen LogP contribution in [0.4, 0.5) is 0 Å². The van der Waals surface area contributed by atoms with Crippen LogP contribution in [-0.4, -0.2) is 33.5 Å². The average molecular weight is 240 g/mol. The van der Waals surface area contributed by atoms with Crippen molar-refractivity contribution in [3.05, 3.63) is 30.1 Å². The molecule has 0 saturated carbocycles. The van der Waals surface area contributed by atoms with Gasteiger partial charge in [0, 0.05) is 6.20 Å². The minimum absolute atomic E-state index is 0.0585. The number of amides is 1. The van der Waals surface area contributed by atoms with Gasteiger partial charge in [-0.2, -0.15) is 0 Å². The van der Waals surface area contributed by atoms with Crippen molar-refractivity contribution in [2.45, 2.75) is 6.54 Å². The Morgan fingerprint density at radius 2 is 2.19 bits per heavy atom. The van der Waals surface area contributed by atoms with Crippen molar-refractivity contribution >= 4 is 23.6 Å². The van der Waals surface area contributed by atoms with E-state index in [2.05, 4.69) is 10.3 Å². The highest BCUT2D eigenvalue weighted by Gasteiger charge is 2.03. The lowest BCUT2D eigenvalue weighted by Gasteiger charge is -2.03.